The molecular weight excluding hydrogens is 760 g/mol. The molecule has 3 aromatic heterocycles. The summed E-state index contributed by atoms with van der Waals surface area (Å²) in [5.74, 6) is 0.532. The number of nitrogens with zero attached hydrogens (tertiary/aromatic N) is 7. The maximum Gasteiger partial charge on any atom is 0.430 e. The molecule has 0 spiro atoms. The van der Waals surface area contributed by atoms with E-state index in [-0.39, 0.29) is 35.9 Å². The minimum Gasteiger partial charge on any atom is -0.395 e. The number of Topliss-reactive ketones (excluding diaryl/α,β-unsaturated/α-hetero) is 1. The third-order valence-electron chi connectivity index (χ3n) is 11.2. The van der Waals surface area contributed by atoms with E-state index in [1.165, 1.54) is 29.9 Å². The van der Waals surface area contributed by atoms with Crippen LogP contribution < -0.4 is 17.0 Å². The van der Waals surface area contributed by atoms with E-state index < -0.39 is 28.7 Å². The Hall–Kier alpha value is -5.70. The van der Waals surface area contributed by atoms with Crippen molar-refractivity contribution < 1.29 is 22.8 Å². The number of anilines is 1. The number of ketones is 1. The minimum absolute atomic E-state index is 0.00758. The smallest absolute Gasteiger partial charge is 0.395 e. The van der Waals surface area contributed by atoms with Crippen molar-refractivity contribution in [3.05, 3.63) is 112 Å². The van der Waals surface area contributed by atoms with Crippen molar-refractivity contribution in [1.29, 1.82) is 0 Å². The molecule has 3 heterocycles. The van der Waals surface area contributed by atoms with E-state index in [0.29, 0.717) is 43.6 Å². The van der Waals surface area contributed by atoms with Crippen molar-refractivity contribution in [1.82, 2.24) is 24.2 Å². The molecule has 0 amide bonds. The molecule has 0 aliphatic heterocycles. The zero-order valence-corrected chi connectivity index (χ0v) is 34.5. The third-order valence-corrected chi connectivity index (χ3v) is 11.2. The number of aryl methyl sites for hydroxylation is 2. The normalized spacial score (nSPS) is 18.1. The van der Waals surface area contributed by atoms with Crippen LogP contribution in [-0.2, 0) is 30.1 Å². The fraction of sp³-hybridized carbons (Fsp3) is 0.432. The number of rotatable bonds is 19. The van der Waals surface area contributed by atoms with Crippen LogP contribution in [0.25, 0.3) is 11.1 Å². The summed E-state index contributed by atoms with van der Waals surface area (Å²) in [5.41, 5.74) is 13.7. The van der Waals surface area contributed by atoms with Gasteiger partial charge in [-0.25, -0.2) is 4.98 Å². The van der Waals surface area contributed by atoms with Gasteiger partial charge in [0.1, 0.15) is 23.6 Å². The van der Waals surface area contributed by atoms with Crippen molar-refractivity contribution in [3.63, 3.8) is 0 Å². The van der Waals surface area contributed by atoms with Gasteiger partial charge in [0.15, 0.2) is 0 Å². The summed E-state index contributed by atoms with van der Waals surface area (Å²) in [6, 6.07) is 12.3. The Morgan fingerprint density at radius 2 is 1.83 bits per heavy atom. The van der Waals surface area contributed by atoms with Crippen molar-refractivity contribution in [2.24, 2.45) is 40.6 Å². The van der Waals surface area contributed by atoms with E-state index in [2.05, 4.69) is 32.2 Å². The van der Waals surface area contributed by atoms with Crippen LogP contribution in [-0.4, -0.2) is 87.6 Å². The van der Waals surface area contributed by atoms with Crippen LogP contribution in [0, 0.1) is 10.8 Å². The second kappa shape index (κ2) is 18.5. The molecule has 1 aliphatic carbocycles. The number of hydrogen-bond donors (Lipinski definition) is 2. The number of aldehydes is 1. The van der Waals surface area contributed by atoms with Crippen LogP contribution >= 0.6 is 0 Å². The van der Waals surface area contributed by atoms with E-state index in [1.54, 1.807) is 30.3 Å². The molecule has 0 saturated heterocycles. The van der Waals surface area contributed by atoms with E-state index in [4.69, 9.17) is 11.5 Å². The Morgan fingerprint density at radius 1 is 1.10 bits per heavy atom. The van der Waals surface area contributed by atoms with E-state index >= 15 is 0 Å². The van der Waals surface area contributed by atoms with Gasteiger partial charge in [0, 0.05) is 87.1 Å². The van der Waals surface area contributed by atoms with Gasteiger partial charge < -0.3 is 20.8 Å². The van der Waals surface area contributed by atoms with Gasteiger partial charge in [-0.15, -0.1) is 0 Å². The van der Waals surface area contributed by atoms with Gasteiger partial charge in [-0.1, -0.05) is 38.1 Å². The van der Waals surface area contributed by atoms with Crippen molar-refractivity contribution >= 4 is 29.8 Å². The van der Waals surface area contributed by atoms with E-state index in [9.17, 15) is 27.6 Å². The van der Waals surface area contributed by atoms with Gasteiger partial charge >= 0.3 is 6.18 Å². The summed E-state index contributed by atoms with van der Waals surface area (Å²) in [4.78, 5) is 53.5. The molecule has 15 heteroatoms. The van der Waals surface area contributed by atoms with Crippen molar-refractivity contribution in [3.8, 4) is 11.1 Å². The highest BCUT2D eigenvalue weighted by molar-refractivity contribution is 6.09. The SMILES string of the molecule is CN=Cc1cc(-c2ccc([C@H]3C[C@@]3(C=O)CCN(C)[C@H](Cc3cnn(C)c3)C(=O)CCCC(C)(C)CN=C(/C=C(\N)C(F)(F)F)c3ccc(=O)n(C)c3)cc2)cnc1N. The molecule has 314 valence electrons. The fourth-order valence-electron chi connectivity index (χ4n) is 7.37. The summed E-state index contributed by atoms with van der Waals surface area (Å²) in [5, 5.41) is 4.30. The zero-order chi connectivity index (χ0) is 43.1. The molecule has 1 aliphatic rings. The zero-order valence-electron chi connectivity index (χ0n) is 34.5. The number of nitrogen functional groups attached to an aromatic ring is 1. The summed E-state index contributed by atoms with van der Waals surface area (Å²) < 4.78 is 43.1. The topological polar surface area (TPSA) is 167 Å². The van der Waals surface area contributed by atoms with Crippen LogP contribution in [0.1, 0.15) is 74.1 Å². The van der Waals surface area contributed by atoms with Crippen LogP contribution in [0.4, 0.5) is 19.0 Å². The largest absolute Gasteiger partial charge is 0.430 e. The van der Waals surface area contributed by atoms with E-state index in [1.807, 2.05) is 57.2 Å². The average Bonchev–Trinajstić information content (AvgIpc) is 3.78. The van der Waals surface area contributed by atoms with Gasteiger partial charge in [0.05, 0.1) is 18.0 Å². The van der Waals surface area contributed by atoms with Gasteiger partial charge in [-0.05, 0) is 91.9 Å². The summed E-state index contributed by atoms with van der Waals surface area (Å²) in [6.07, 6.45) is 8.74. The first-order valence-electron chi connectivity index (χ1n) is 19.6. The Morgan fingerprint density at radius 3 is 2.46 bits per heavy atom. The quantitative estimate of drug-likeness (QED) is 0.0850. The molecule has 0 radical (unpaired) electrons. The molecule has 12 nitrogen and oxygen atoms in total. The lowest BCUT2D eigenvalue weighted by Crippen LogP contribution is -2.41. The summed E-state index contributed by atoms with van der Waals surface area (Å²) in [7, 11) is 6.93. The van der Waals surface area contributed by atoms with Gasteiger partial charge in [0.25, 0.3) is 0 Å². The highest BCUT2D eigenvalue weighted by Crippen LogP contribution is 2.60. The average molecular weight is 814 g/mol. The number of alkyl halides is 3. The highest BCUT2D eigenvalue weighted by Gasteiger charge is 2.54. The number of hydrogen-bond acceptors (Lipinski definition) is 10. The summed E-state index contributed by atoms with van der Waals surface area (Å²) in [6.45, 7) is 4.58. The second-order valence-corrected chi connectivity index (χ2v) is 16.4. The predicted octanol–water partition coefficient (Wildman–Crippen LogP) is 6.08. The standard InChI is InChI=1S/C44H54F3N9O3/c1-42(2,27-52-36(20-39(48)44(45,46)47)32-13-14-40(59)55(5)26-32)15-7-8-38(58)37(18-29-22-53-56(6)25-29)54(4)17-16-43(28-57)21-35(43)31-11-9-30(10-12-31)33-19-34(23-50-3)41(49)51-24-33/h9-14,19-20,22-26,28,35,37H,7-8,15-18,21,27,48H2,1-6H3,(H2,49,51)/b39-20-,50-23?,52-36?/t35-,37-,43-/m1/s1. The van der Waals surface area contributed by atoms with Crippen molar-refractivity contribution in [2.75, 3.05) is 32.9 Å². The van der Waals surface area contributed by atoms with Gasteiger partial charge in [-0.3, -0.25) is 29.2 Å². The highest BCUT2D eigenvalue weighted by atomic mass is 19.4. The maximum absolute atomic E-state index is 14.0. The van der Waals surface area contributed by atoms with Gasteiger partial charge in [0.2, 0.25) is 5.56 Å². The molecule has 1 aromatic carbocycles. The van der Waals surface area contributed by atoms with Crippen LogP contribution in [0.5, 0.6) is 0 Å². The Kier molecular flexibility index (Phi) is 13.9. The molecule has 4 N–H and O–H groups in total. The minimum atomic E-state index is -4.75. The lowest BCUT2D eigenvalue weighted by molar-refractivity contribution is -0.124. The maximum atomic E-state index is 14.0. The fourth-order valence-corrected chi connectivity index (χ4v) is 7.37. The molecule has 59 heavy (non-hydrogen) atoms. The molecule has 0 unspecified atom stereocenters. The lowest BCUT2D eigenvalue weighted by Gasteiger charge is -2.29. The first-order chi connectivity index (χ1) is 27.8. The molecule has 3 atom stereocenters. The molecule has 1 saturated carbocycles. The third kappa shape index (κ3) is 11.5. The number of carbonyl (C=O) groups is 2. The number of carbonyl (C=O) groups excluding carboxylic acids is 2. The molecule has 4 aromatic rings. The van der Waals surface area contributed by atoms with Crippen LogP contribution in [0.15, 0.2) is 93.8 Å². The number of aromatic nitrogens is 4. The van der Waals surface area contributed by atoms with E-state index in [0.717, 1.165) is 46.6 Å². The first kappa shape index (κ1) is 44.4. The molecule has 0 bridgehead atoms. The monoisotopic (exact) mass is 813 g/mol. The summed E-state index contributed by atoms with van der Waals surface area (Å²) >= 11 is 0. The number of aliphatic imine (C=N–C) groups is 2. The molecule has 1 fully saturated rings. The van der Waals surface area contributed by atoms with Crippen molar-refractivity contribution in [2.45, 2.75) is 70.5 Å². The number of nitrogens with two attached hydrogens (primary N) is 2. The number of benzene rings is 1. The first-order valence-corrected chi connectivity index (χ1v) is 19.6. The number of pyridine rings is 2. The number of halogens is 3. The molecular formula is C44H54F3N9O3. The lowest BCUT2D eigenvalue weighted by atomic mass is 9.86. The Labute approximate surface area is 342 Å². The molecule has 5 rings (SSSR count). The second-order valence-electron chi connectivity index (χ2n) is 16.4. The predicted molar refractivity (Wildman–Crippen MR) is 225 cm³/mol. The number of allylic oxidation sites excluding steroid dienone is 2. The van der Waals surface area contributed by atoms with Crippen LogP contribution in [0.2, 0.25) is 0 Å². The Bertz CT molecular complexity index is 2270. The number of likely N-dealkylation sites (N-methyl/N-ethyl adjacent to an activating group) is 1. The Balaban J connectivity index is 1.23. The van der Waals surface area contributed by atoms with Crippen LogP contribution in [0.3, 0.4) is 0 Å². The van der Waals surface area contributed by atoms with Gasteiger partial charge in [-0.2, -0.15) is 18.3 Å².